The molecule has 0 bridgehead atoms. The fraction of sp³-hybridized carbons (Fsp3) is 0.676. The topological polar surface area (TPSA) is 55.1 Å². The van der Waals surface area contributed by atoms with Crippen molar-refractivity contribution in [1.82, 2.24) is 9.78 Å². The van der Waals surface area contributed by atoms with Gasteiger partial charge in [0, 0.05) is 5.41 Å². The first-order chi connectivity index (χ1) is 19.7. The monoisotopic (exact) mass is 572 g/mol. The summed E-state index contributed by atoms with van der Waals surface area (Å²) < 4.78 is 15.8. The van der Waals surface area contributed by atoms with E-state index in [4.69, 9.17) is 5.10 Å². The number of carboxylic acids is 1. The van der Waals surface area contributed by atoms with Crippen molar-refractivity contribution in [1.29, 1.82) is 0 Å². The Morgan fingerprint density at radius 2 is 1.69 bits per heavy atom. The van der Waals surface area contributed by atoms with Crippen LogP contribution in [0.25, 0.3) is 5.69 Å². The number of halogens is 1. The minimum atomic E-state index is -0.599. The third kappa shape index (κ3) is 3.34. The molecule has 226 valence electrons. The fourth-order valence-corrected chi connectivity index (χ4v) is 12.2. The lowest BCUT2D eigenvalue weighted by molar-refractivity contribution is -0.179. The van der Waals surface area contributed by atoms with E-state index in [1.807, 2.05) is 12.1 Å². The molecule has 1 N–H and O–H groups in total. The Bertz CT molecular complexity index is 1470. The van der Waals surface area contributed by atoms with E-state index in [1.165, 1.54) is 35.4 Å². The lowest BCUT2D eigenvalue weighted by atomic mass is 9.33. The van der Waals surface area contributed by atoms with Crippen molar-refractivity contribution in [2.45, 2.75) is 105 Å². The minimum absolute atomic E-state index is 0.0154. The van der Waals surface area contributed by atoms with E-state index in [1.54, 1.807) is 0 Å². The molecule has 1 aromatic heterocycles. The summed E-state index contributed by atoms with van der Waals surface area (Å²) in [7, 11) is 0. The second kappa shape index (κ2) is 8.82. The van der Waals surface area contributed by atoms with Gasteiger partial charge in [-0.1, -0.05) is 60.1 Å². The number of aromatic nitrogens is 2. The molecule has 0 unspecified atom stereocenters. The van der Waals surface area contributed by atoms with Gasteiger partial charge in [-0.2, -0.15) is 5.10 Å². The predicted octanol–water partition coefficient (Wildman–Crippen LogP) is 8.77. The van der Waals surface area contributed by atoms with Crippen LogP contribution in [0.4, 0.5) is 4.39 Å². The quantitative estimate of drug-likeness (QED) is 0.366. The zero-order chi connectivity index (χ0) is 30.0. The van der Waals surface area contributed by atoms with Crippen LogP contribution in [-0.4, -0.2) is 20.9 Å². The van der Waals surface area contributed by atoms with E-state index in [9.17, 15) is 14.3 Å². The highest BCUT2D eigenvalue weighted by atomic mass is 19.1. The number of hydrogen-bond acceptors (Lipinski definition) is 2. The summed E-state index contributed by atoms with van der Waals surface area (Å²) in [5.41, 5.74) is 4.59. The van der Waals surface area contributed by atoms with E-state index < -0.39 is 11.4 Å². The number of carboxylic acid groups (broad SMARTS) is 1. The van der Waals surface area contributed by atoms with Crippen LogP contribution in [0.3, 0.4) is 0 Å². The van der Waals surface area contributed by atoms with Gasteiger partial charge in [-0.25, -0.2) is 9.07 Å². The Morgan fingerprint density at radius 1 is 0.976 bits per heavy atom. The van der Waals surface area contributed by atoms with Gasteiger partial charge in [-0.3, -0.25) is 4.79 Å². The summed E-state index contributed by atoms with van der Waals surface area (Å²) in [6.45, 7) is 17.2. The van der Waals surface area contributed by atoms with Crippen LogP contribution in [0.15, 0.2) is 42.1 Å². The molecule has 0 spiro atoms. The molecule has 5 aliphatic carbocycles. The Balaban J connectivity index is 1.32. The number of fused-ring (bicyclic) bond motifs is 8. The number of benzene rings is 1. The molecule has 9 atom stereocenters. The lowest BCUT2D eigenvalue weighted by Crippen LogP contribution is -2.65. The summed E-state index contributed by atoms with van der Waals surface area (Å²) in [6, 6.07) is 6.73. The van der Waals surface area contributed by atoms with E-state index in [0.29, 0.717) is 23.7 Å². The Kier molecular flexibility index (Phi) is 5.95. The number of aliphatic carboxylic acids is 1. The van der Waals surface area contributed by atoms with Crippen molar-refractivity contribution in [3.8, 4) is 5.69 Å². The zero-order valence-electron chi connectivity index (χ0n) is 26.6. The SMILES string of the molecule is C[C@H]1[C@H](C)CC[C@]2(C(=O)O)CC[C@]3(C)C(=CC[C@@H]4[C@@]5(C)Cc6cnn(-c7ccc(F)cc7)c6C(C)(C)[C@@H]5CC[C@]43C)[C@H]12. The van der Waals surface area contributed by atoms with E-state index in [-0.39, 0.29) is 33.4 Å². The molecule has 2 aromatic rings. The van der Waals surface area contributed by atoms with Gasteiger partial charge in [-0.15, -0.1) is 0 Å². The van der Waals surface area contributed by atoms with Crippen LogP contribution in [-0.2, 0) is 16.6 Å². The number of allylic oxidation sites excluding steroid dienone is 2. The number of nitrogens with zero attached hydrogens (tertiary/aromatic N) is 2. The maximum Gasteiger partial charge on any atom is 0.310 e. The zero-order valence-corrected chi connectivity index (χ0v) is 26.6. The van der Waals surface area contributed by atoms with Gasteiger partial charge < -0.3 is 5.11 Å². The maximum atomic E-state index is 13.8. The summed E-state index contributed by atoms with van der Waals surface area (Å²) in [6.07, 6.45) is 12.7. The van der Waals surface area contributed by atoms with Crippen LogP contribution in [0, 0.1) is 57.1 Å². The molecule has 42 heavy (non-hydrogen) atoms. The summed E-state index contributed by atoms with van der Waals surface area (Å²) in [4.78, 5) is 13.0. The number of carbonyl (C=O) groups is 1. The average Bonchev–Trinajstić information content (AvgIpc) is 3.35. The molecule has 3 saturated carbocycles. The predicted molar refractivity (Wildman–Crippen MR) is 164 cm³/mol. The molecular formula is C37H49FN2O2. The molecule has 4 nitrogen and oxygen atoms in total. The molecule has 0 radical (unpaired) electrons. The summed E-state index contributed by atoms with van der Waals surface area (Å²) in [5, 5.41) is 15.6. The van der Waals surface area contributed by atoms with Crippen molar-refractivity contribution < 1.29 is 14.3 Å². The molecule has 1 heterocycles. The molecule has 0 aliphatic heterocycles. The first-order valence-corrected chi connectivity index (χ1v) is 16.5. The van der Waals surface area contributed by atoms with Gasteiger partial charge in [0.05, 0.1) is 23.0 Å². The average molecular weight is 573 g/mol. The van der Waals surface area contributed by atoms with Gasteiger partial charge >= 0.3 is 5.97 Å². The molecule has 0 amide bonds. The first kappa shape index (κ1) is 28.3. The highest BCUT2D eigenvalue weighted by Gasteiger charge is 2.69. The fourth-order valence-electron chi connectivity index (χ4n) is 12.2. The highest BCUT2D eigenvalue weighted by Crippen LogP contribution is 2.75. The van der Waals surface area contributed by atoms with Crippen molar-refractivity contribution >= 4 is 5.97 Å². The largest absolute Gasteiger partial charge is 0.481 e. The van der Waals surface area contributed by atoms with Crippen LogP contribution < -0.4 is 0 Å². The Morgan fingerprint density at radius 3 is 2.38 bits per heavy atom. The van der Waals surface area contributed by atoms with E-state index >= 15 is 0 Å². The van der Waals surface area contributed by atoms with Crippen LogP contribution in [0.2, 0.25) is 0 Å². The van der Waals surface area contributed by atoms with Gasteiger partial charge in [0.2, 0.25) is 0 Å². The first-order valence-electron chi connectivity index (χ1n) is 16.5. The third-order valence-electron chi connectivity index (χ3n) is 14.7. The van der Waals surface area contributed by atoms with Crippen molar-refractivity contribution in [3.63, 3.8) is 0 Å². The smallest absolute Gasteiger partial charge is 0.310 e. The van der Waals surface area contributed by atoms with Crippen molar-refractivity contribution in [2.24, 2.45) is 51.2 Å². The molecule has 1 aromatic carbocycles. The Labute approximate surface area is 251 Å². The van der Waals surface area contributed by atoms with Crippen molar-refractivity contribution in [2.75, 3.05) is 0 Å². The van der Waals surface area contributed by atoms with Crippen LogP contribution >= 0.6 is 0 Å². The number of rotatable bonds is 2. The number of hydrogen-bond donors (Lipinski definition) is 1. The highest BCUT2D eigenvalue weighted by molar-refractivity contribution is 5.76. The second-order valence-electron chi connectivity index (χ2n) is 16.4. The summed E-state index contributed by atoms with van der Waals surface area (Å²) >= 11 is 0. The summed E-state index contributed by atoms with van der Waals surface area (Å²) in [5.74, 6) is 1.33. The van der Waals surface area contributed by atoms with Gasteiger partial charge in [0.1, 0.15) is 5.82 Å². The molecule has 0 saturated heterocycles. The van der Waals surface area contributed by atoms with Crippen LogP contribution in [0.5, 0.6) is 0 Å². The standard InChI is InChI=1S/C37H49FN2O2/c1-22-14-17-37(32(41)42)19-18-35(6)27(30(37)23(22)2)12-13-29-34(5)20-24-21-39-40(26-10-8-25(38)9-11-26)31(24)33(3,4)28(34)15-16-36(29,35)7/h8-12,21-23,28-30H,13-20H2,1-7H3,(H,41,42)/t22-,23+,28+,29-,30+,34+,35-,36-,37+/m1/s1. The van der Waals surface area contributed by atoms with Crippen molar-refractivity contribution in [3.05, 3.63) is 59.2 Å². The lowest BCUT2D eigenvalue weighted by Gasteiger charge is -2.70. The maximum absolute atomic E-state index is 13.8. The van der Waals surface area contributed by atoms with E-state index in [0.717, 1.165) is 50.6 Å². The van der Waals surface area contributed by atoms with Gasteiger partial charge in [0.15, 0.2) is 0 Å². The van der Waals surface area contributed by atoms with Crippen LogP contribution in [0.1, 0.15) is 105 Å². The molecule has 5 aliphatic rings. The molecule has 7 rings (SSSR count). The minimum Gasteiger partial charge on any atom is -0.481 e. The van der Waals surface area contributed by atoms with Gasteiger partial charge in [-0.05, 0) is 127 Å². The Hall–Kier alpha value is -2.43. The van der Waals surface area contributed by atoms with Gasteiger partial charge in [0.25, 0.3) is 0 Å². The van der Waals surface area contributed by atoms with E-state index in [2.05, 4.69) is 65.4 Å². The normalized spacial score (nSPS) is 43.6. The molecule has 3 fully saturated rings. The molecular weight excluding hydrogens is 523 g/mol. The third-order valence-corrected chi connectivity index (χ3v) is 14.7. The second-order valence-corrected chi connectivity index (χ2v) is 16.4. The molecule has 5 heteroatoms.